The Morgan fingerprint density at radius 1 is 1.23 bits per heavy atom. The van der Waals surface area contributed by atoms with Crippen LogP contribution in [0.2, 0.25) is 0 Å². The Labute approximate surface area is 109 Å². The molecule has 1 aliphatic rings. The monoisotopic (exact) mass is 257 g/mol. The van der Waals surface area contributed by atoms with E-state index in [1.165, 1.54) is 45.2 Å². The molecule has 0 saturated heterocycles. The summed E-state index contributed by atoms with van der Waals surface area (Å²) in [4.78, 5) is 2.65. The van der Waals surface area contributed by atoms with E-state index in [9.17, 15) is 0 Å². The second kappa shape index (κ2) is 8.38. The average molecular weight is 257 g/mol. The Bertz CT molecular complexity index is 108. The molecule has 0 aliphatic heterocycles. The fourth-order valence-electron chi connectivity index (χ4n) is 2.16. The molecule has 75 valence electrons. The van der Waals surface area contributed by atoms with Gasteiger partial charge in [-0.1, -0.05) is 26.7 Å². The summed E-state index contributed by atoms with van der Waals surface area (Å²) in [5.41, 5.74) is 0. The molecule has 1 nitrogen and oxygen atoms in total. The molecular weight excluding hydrogens is 235 g/mol. The average Bonchev–Trinajstić information content (AvgIpc) is 2.15. The van der Waals surface area contributed by atoms with Crippen LogP contribution in [0.25, 0.3) is 0 Å². The molecule has 0 unspecified atom stereocenters. The standard InChI is InChI=1S/C11H22N.Y/c1-3-10-12(4-2)11-8-6-5-7-9-11;/h5,11H,3-4,6-10H2,1-2H3;/q-1;. The smallest absolute Gasteiger partial charge is 0.00466 e. The zero-order chi connectivity index (χ0) is 8.81. The van der Waals surface area contributed by atoms with Gasteiger partial charge in [-0.3, -0.25) is 0 Å². The molecule has 0 spiro atoms. The van der Waals surface area contributed by atoms with Gasteiger partial charge in [-0.25, -0.2) is 0 Å². The van der Waals surface area contributed by atoms with Gasteiger partial charge in [-0.15, -0.1) is 0 Å². The number of hydrogen-bond acceptors (Lipinski definition) is 1. The van der Waals surface area contributed by atoms with E-state index in [1.54, 1.807) is 0 Å². The molecule has 0 aromatic rings. The van der Waals surface area contributed by atoms with Crippen molar-refractivity contribution >= 4 is 0 Å². The van der Waals surface area contributed by atoms with E-state index in [4.69, 9.17) is 0 Å². The van der Waals surface area contributed by atoms with Gasteiger partial charge in [0.1, 0.15) is 0 Å². The van der Waals surface area contributed by atoms with Gasteiger partial charge in [-0.2, -0.15) is 12.8 Å². The number of nitrogens with zero attached hydrogens (tertiary/aromatic N) is 1. The molecule has 1 rings (SSSR count). The predicted octanol–water partition coefficient (Wildman–Crippen LogP) is 2.86. The molecule has 2 heteroatoms. The minimum Gasteiger partial charge on any atom is -0.328 e. The van der Waals surface area contributed by atoms with E-state index in [-0.39, 0.29) is 32.7 Å². The SMILES string of the molecule is CCCN(CC)C1CC[CH-]CC1.[Y]. The van der Waals surface area contributed by atoms with Gasteiger partial charge < -0.3 is 11.3 Å². The molecule has 1 aliphatic carbocycles. The van der Waals surface area contributed by atoms with Gasteiger partial charge in [0.05, 0.1) is 0 Å². The topological polar surface area (TPSA) is 3.24 Å². The van der Waals surface area contributed by atoms with E-state index in [2.05, 4.69) is 25.2 Å². The predicted molar refractivity (Wildman–Crippen MR) is 54.1 cm³/mol. The van der Waals surface area contributed by atoms with Crippen LogP contribution in [0.5, 0.6) is 0 Å². The first-order valence-corrected chi connectivity index (χ1v) is 5.44. The zero-order valence-electron chi connectivity index (χ0n) is 9.13. The van der Waals surface area contributed by atoms with Crippen LogP contribution >= 0.6 is 0 Å². The van der Waals surface area contributed by atoms with E-state index < -0.39 is 0 Å². The Morgan fingerprint density at radius 2 is 1.85 bits per heavy atom. The van der Waals surface area contributed by atoms with Crippen LogP contribution in [0.4, 0.5) is 0 Å². The van der Waals surface area contributed by atoms with Crippen molar-refractivity contribution < 1.29 is 32.7 Å². The molecule has 0 aromatic heterocycles. The maximum Gasteiger partial charge on any atom is 0.00466 e. The Balaban J connectivity index is 0.00000144. The summed E-state index contributed by atoms with van der Waals surface area (Å²) in [6.45, 7) is 7.09. The summed E-state index contributed by atoms with van der Waals surface area (Å²) in [5, 5.41) is 0. The third-order valence-corrected chi connectivity index (χ3v) is 2.84. The van der Waals surface area contributed by atoms with Crippen molar-refractivity contribution in [1.82, 2.24) is 4.90 Å². The van der Waals surface area contributed by atoms with Gasteiger partial charge in [0.25, 0.3) is 0 Å². The number of hydrogen-bond donors (Lipinski definition) is 0. The van der Waals surface area contributed by atoms with Crippen molar-refractivity contribution in [3.63, 3.8) is 0 Å². The molecule has 1 saturated carbocycles. The summed E-state index contributed by atoms with van der Waals surface area (Å²) in [6, 6.07) is 0.889. The summed E-state index contributed by atoms with van der Waals surface area (Å²) >= 11 is 0. The van der Waals surface area contributed by atoms with Crippen molar-refractivity contribution in [3.8, 4) is 0 Å². The molecule has 1 fully saturated rings. The van der Waals surface area contributed by atoms with Crippen LogP contribution in [0.15, 0.2) is 0 Å². The summed E-state index contributed by atoms with van der Waals surface area (Å²) in [7, 11) is 0. The van der Waals surface area contributed by atoms with E-state index in [1.807, 2.05) is 0 Å². The quantitative estimate of drug-likeness (QED) is 0.700. The van der Waals surface area contributed by atoms with Crippen LogP contribution in [-0.2, 0) is 32.7 Å². The van der Waals surface area contributed by atoms with Gasteiger partial charge in [-0.05, 0) is 19.5 Å². The third kappa shape index (κ3) is 4.90. The number of rotatable bonds is 4. The van der Waals surface area contributed by atoms with Crippen LogP contribution in [0.1, 0.15) is 46.0 Å². The molecule has 1 radical (unpaired) electrons. The Kier molecular flexibility index (Phi) is 9.06. The summed E-state index contributed by atoms with van der Waals surface area (Å²) in [5.74, 6) is 0. The third-order valence-electron chi connectivity index (χ3n) is 2.84. The Morgan fingerprint density at radius 3 is 2.31 bits per heavy atom. The van der Waals surface area contributed by atoms with Gasteiger partial charge >= 0.3 is 0 Å². The van der Waals surface area contributed by atoms with Gasteiger partial charge in [0.15, 0.2) is 0 Å². The van der Waals surface area contributed by atoms with Crippen molar-refractivity contribution in [1.29, 1.82) is 0 Å². The fraction of sp³-hybridized carbons (Fsp3) is 0.909. The van der Waals surface area contributed by atoms with Crippen LogP contribution < -0.4 is 0 Å². The summed E-state index contributed by atoms with van der Waals surface area (Å²) < 4.78 is 0. The largest absolute Gasteiger partial charge is 0.328 e. The van der Waals surface area contributed by atoms with E-state index >= 15 is 0 Å². The van der Waals surface area contributed by atoms with Gasteiger partial charge in [0, 0.05) is 38.8 Å². The van der Waals surface area contributed by atoms with E-state index in [0.717, 1.165) is 6.04 Å². The molecule has 0 amide bonds. The van der Waals surface area contributed by atoms with Crippen LogP contribution in [0, 0.1) is 6.42 Å². The maximum absolute atomic E-state index is 2.65. The summed E-state index contributed by atoms with van der Waals surface area (Å²) in [6.07, 6.45) is 9.21. The molecule has 0 bridgehead atoms. The van der Waals surface area contributed by atoms with Crippen molar-refractivity contribution in [2.24, 2.45) is 0 Å². The fourth-order valence-corrected chi connectivity index (χ4v) is 2.16. The first-order valence-electron chi connectivity index (χ1n) is 5.44. The first kappa shape index (κ1) is 14.1. The molecule has 0 N–H and O–H groups in total. The molecular formula is C11H22NY-. The molecule has 13 heavy (non-hydrogen) atoms. The second-order valence-corrected chi connectivity index (χ2v) is 3.73. The second-order valence-electron chi connectivity index (χ2n) is 3.73. The van der Waals surface area contributed by atoms with Crippen LogP contribution in [-0.4, -0.2) is 24.0 Å². The van der Waals surface area contributed by atoms with Gasteiger partial charge in [0.2, 0.25) is 0 Å². The molecule has 0 aromatic carbocycles. The normalized spacial score (nSPS) is 18.7. The molecule has 0 atom stereocenters. The van der Waals surface area contributed by atoms with E-state index in [0.29, 0.717) is 0 Å². The zero-order valence-corrected chi connectivity index (χ0v) is 12.0. The minimum absolute atomic E-state index is 0. The first-order chi connectivity index (χ1) is 5.88. The van der Waals surface area contributed by atoms with Crippen LogP contribution in [0.3, 0.4) is 0 Å². The van der Waals surface area contributed by atoms with Crippen molar-refractivity contribution in [3.05, 3.63) is 6.42 Å². The van der Waals surface area contributed by atoms with Crippen molar-refractivity contribution in [2.75, 3.05) is 13.1 Å². The maximum atomic E-state index is 2.65. The minimum atomic E-state index is 0. The Hall–Kier alpha value is 1.06. The van der Waals surface area contributed by atoms with Crippen molar-refractivity contribution in [2.45, 2.75) is 52.0 Å². The molecule has 0 heterocycles.